The Morgan fingerprint density at radius 2 is 2.27 bits per heavy atom. The number of carbonyl (C=O) groups excluding carboxylic acids is 2. The molecule has 0 atom stereocenters. The van der Waals surface area contributed by atoms with Crippen LogP contribution in [0.3, 0.4) is 0 Å². The van der Waals surface area contributed by atoms with Gasteiger partial charge in [0.2, 0.25) is 11.8 Å². The first-order valence-electron chi connectivity index (χ1n) is 6.56. The Morgan fingerprint density at radius 1 is 1.41 bits per heavy atom. The van der Waals surface area contributed by atoms with Crippen molar-refractivity contribution in [2.24, 2.45) is 0 Å². The van der Waals surface area contributed by atoms with Gasteiger partial charge >= 0.3 is 0 Å². The standard InChI is InChI=1S/C14H13N5O2S/c1-8(20)16-6-12(21)19-14-18-11(7-22-14)10-5-17-13-9(10)3-2-4-15-13/h2-5,7H,6H2,1H3,(H,15,17)(H,16,20)(H,18,19,21). The van der Waals surface area contributed by atoms with Crippen LogP contribution in [0.1, 0.15) is 6.92 Å². The number of aromatic nitrogens is 3. The smallest absolute Gasteiger partial charge is 0.245 e. The molecule has 0 bridgehead atoms. The van der Waals surface area contributed by atoms with Crippen LogP contribution in [0.5, 0.6) is 0 Å². The molecule has 3 aromatic rings. The van der Waals surface area contributed by atoms with Crippen LogP contribution in [-0.4, -0.2) is 33.3 Å². The summed E-state index contributed by atoms with van der Waals surface area (Å²) in [6.07, 6.45) is 3.56. The second-order valence-electron chi connectivity index (χ2n) is 4.60. The first-order valence-corrected chi connectivity index (χ1v) is 7.44. The highest BCUT2D eigenvalue weighted by molar-refractivity contribution is 7.14. The molecule has 0 fully saturated rings. The number of pyridine rings is 1. The van der Waals surface area contributed by atoms with Crippen molar-refractivity contribution in [3.8, 4) is 11.3 Å². The van der Waals surface area contributed by atoms with Crippen molar-refractivity contribution in [1.82, 2.24) is 20.3 Å². The lowest BCUT2D eigenvalue weighted by Gasteiger charge is -2.01. The highest BCUT2D eigenvalue weighted by Crippen LogP contribution is 2.30. The Bertz CT molecular complexity index is 839. The van der Waals surface area contributed by atoms with Crippen molar-refractivity contribution in [2.75, 3.05) is 11.9 Å². The number of amides is 2. The highest BCUT2D eigenvalue weighted by Gasteiger charge is 2.12. The lowest BCUT2D eigenvalue weighted by Crippen LogP contribution is -2.31. The number of fused-ring (bicyclic) bond motifs is 1. The monoisotopic (exact) mass is 315 g/mol. The molecule has 0 aromatic carbocycles. The third kappa shape index (κ3) is 2.96. The molecule has 3 rings (SSSR count). The molecule has 0 aliphatic carbocycles. The first kappa shape index (κ1) is 14.2. The van der Waals surface area contributed by atoms with Gasteiger partial charge in [0.15, 0.2) is 5.13 Å². The summed E-state index contributed by atoms with van der Waals surface area (Å²) in [5.41, 5.74) is 2.49. The fourth-order valence-corrected chi connectivity index (χ4v) is 2.72. The number of thiazole rings is 1. The maximum Gasteiger partial charge on any atom is 0.245 e. The van der Waals surface area contributed by atoms with E-state index in [-0.39, 0.29) is 18.4 Å². The summed E-state index contributed by atoms with van der Waals surface area (Å²) in [4.78, 5) is 34.1. The molecule has 7 nitrogen and oxygen atoms in total. The van der Waals surface area contributed by atoms with Crippen LogP contribution in [-0.2, 0) is 9.59 Å². The Labute approximate surface area is 129 Å². The zero-order valence-electron chi connectivity index (χ0n) is 11.7. The molecule has 3 aromatic heterocycles. The fourth-order valence-electron chi connectivity index (χ4n) is 1.99. The van der Waals surface area contributed by atoms with Crippen LogP contribution < -0.4 is 10.6 Å². The second-order valence-corrected chi connectivity index (χ2v) is 5.46. The summed E-state index contributed by atoms with van der Waals surface area (Å²) in [5.74, 6) is -0.557. The van der Waals surface area contributed by atoms with Gasteiger partial charge in [0, 0.05) is 35.6 Å². The minimum atomic E-state index is -0.309. The molecule has 0 saturated carbocycles. The number of nitrogens with one attached hydrogen (secondary N) is 3. The van der Waals surface area contributed by atoms with Gasteiger partial charge in [-0.25, -0.2) is 9.97 Å². The number of carbonyl (C=O) groups is 2. The van der Waals surface area contributed by atoms with E-state index in [1.165, 1.54) is 18.3 Å². The molecule has 22 heavy (non-hydrogen) atoms. The number of rotatable bonds is 4. The average molecular weight is 315 g/mol. The van der Waals surface area contributed by atoms with Gasteiger partial charge in [0.25, 0.3) is 0 Å². The molecule has 2 amide bonds. The predicted octanol–water partition coefficient (Wildman–Crippen LogP) is 1.76. The van der Waals surface area contributed by atoms with Crippen molar-refractivity contribution in [2.45, 2.75) is 6.92 Å². The number of aromatic amines is 1. The SMILES string of the molecule is CC(=O)NCC(=O)Nc1nc(-c2c[nH]c3ncccc23)cs1. The molecule has 8 heteroatoms. The van der Waals surface area contributed by atoms with E-state index in [9.17, 15) is 9.59 Å². The number of anilines is 1. The van der Waals surface area contributed by atoms with Gasteiger partial charge in [0.05, 0.1) is 12.2 Å². The van der Waals surface area contributed by atoms with Crippen molar-refractivity contribution < 1.29 is 9.59 Å². The van der Waals surface area contributed by atoms with E-state index in [0.717, 1.165) is 22.3 Å². The lowest BCUT2D eigenvalue weighted by atomic mass is 10.2. The molecular weight excluding hydrogens is 302 g/mol. The summed E-state index contributed by atoms with van der Waals surface area (Å²) in [6.45, 7) is 1.29. The summed E-state index contributed by atoms with van der Waals surface area (Å²) in [5, 5.41) is 8.42. The molecule has 0 aliphatic rings. The summed E-state index contributed by atoms with van der Waals surface area (Å²) in [6, 6.07) is 3.82. The van der Waals surface area contributed by atoms with Crippen LogP contribution in [0.15, 0.2) is 29.9 Å². The molecular formula is C14H13N5O2S. The van der Waals surface area contributed by atoms with Crippen LogP contribution in [0.4, 0.5) is 5.13 Å². The Hall–Kier alpha value is -2.74. The maximum absolute atomic E-state index is 11.6. The highest BCUT2D eigenvalue weighted by atomic mass is 32.1. The van der Waals surface area contributed by atoms with E-state index in [2.05, 4.69) is 25.6 Å². The molecule has 0 aliphatic heterocycles. The van der Waals surface area contributed by atoms with E-state index in [0.29, 0.717) is 5.13 Å². The topological polar surface area (TPSA) is 99.8 Å². The zero-order chi connectivity index (χ0) is 15.5. The van der Waals surface area contributed by atoms with Crippen molar-refractivity contribution in [3.63, 3.8) is 0 Å². The molecule has 3 heterocycles. The predicted molar refractivity (Wildman–Crippen MR) is 84.5 cm³/mol. The van der Waals surface area contributed by atoms with E-state index in [1.807, 2.05) is 23.7 Å². The molecule has 0 spiro atoms. The van der Waals surface area contributed by atoms with E-state index in [4.69, 9.17) is 0 Å². The van der Waals surface area contributed by atoms with E-state index < -0.39 is 0 Å². The van der Waals surface area contributed by atoms with Gasteiger partial charge in [0.1, 0.15) is 5.65 Å². The van der Waals surface area contributed by atoms with Crippen LogP contribution in [0.25, 0.3) is 22.3 Å². The van der Waals surface area contributed by atoms with Gasteiger partial charge in [-0.2, -0.15) is 0 Å². The van der Waals surface area contributed by atoms with Crippen molar-refractivity contribution in [1.29, 1.82) is 0 Å². The summed E-state index contributed by atoms with van der Waals surface area (Å²) >= 11 is 1.33. The lowest BCUT2D eigenvalue weighted by molar-refractivity contribution is -0.122. The van der Waals surface area contributed by atoms with Gasteiger partial charge in [-0.15, -0.1) is 11.3 Å². The van der Waals surface area contributed by atoms with E-state index in [1.54, 1.807) is 6.20 Å². The van der Waals surface area contributed by atoms with Gasteiger partial charge < -0.3 is 15.6 Å². The van der Waals surface area contributed by atoms with Crippen molar-refractivity contribution in [3.05, 3.63) is 29.9 Å². The second kappa shape index (κ2) is 5.94. The molecule has 0 radical (unpaired) electrons. The largest absolute Gasteiger partial charge is 0.347 e. The Balaban J connectivity index is 1.76. The van der Waals surface area contributed by atoms with Crippen LogP contribution in [0.2, 0.25) is 0 Å². The maximum atomic E-state index is 11.6. The Kier molecular flexibility index (Phi) is 3.84. The van der Waals surface area contributed by atoms with Crippen LogP contribution in [0, 0.1) is 0 Å². The quantitative estimate of drug-likeness (QED) is 0.683. The number of hydrogen-bond donors (Lipinski definition) is 3. The fraction of sp³-hybridized carbons (Fsp3) is 0.143. The number of H-pyrrole nitrogens is 1. The molecule has 112 valence electrons. The van der Waals surface area contributed by atoms with Gasteiger partial charge in [-0.3, -0.25) is 9.59 Å². The zero-order valence-corrected chi connectivity index (χ0v) is 12.5. The average Bonchev–Trinajstić information content (AvgIpc) is 3.11. The van der Waals surface area contributed by atoms with Gasteiger partial charge in [-0.1, -0.05) is 0 Å². The minimum Gasteiger partial charge on any atom is -0.347 e. The van der Waals surface area contributed by atoms with Crippen LogP contribution >= 0.6 is 11.3 Å². The minimum absolute atomic E-state index is 0.0682. The van der Waals surface area contributed by atoms with Gasteiger partial charge in [-0.05, 0) is 12.1 Å². The first-order chi connectivity index (χ1) is 10.6. The molecule has 0 saturated heterocycles. The third-order valence-corrected chi connectivity index (χ3v) is 3.73. The summed E-state index contributed by atoms with van der Waals surface area (Å²) < 4.78 is 0. The number of hydrogen-bond acceptors (Lipinski definition) is 5. The summed E-state index contributed by atoms with van der Waals surface area (Å²) in [7, 11) is 0. The molecule has 0 unspecified atom stereocenters. The third-order valence-electron chi connectivity index (χ3n) is 2.98. The van der Waals surface area contributed by atoms with E-state index >= 15 is 0 Å². The number of nitrogens with zero attached hydrogens (tertiary/aromatic N) is 2. The molecule has 3 N–H and O–H groups in total. The Morgan fingerprint density at radius 3 is 3.09 bits per heavy atom. The van der Waals surface area contributed by atoms with Crippen molar-refractivity contribution >= 4 is 39.3 Å². The normalized spacial score (nSPS) is 10.6.